The second-order valence-electron chi connectivity index (χ2n) is 8.39. The van der Waals surface area contributed by atoms with Crippen molar-refractivity contribution in [3.63, 3.8) is 0 Å². The van der Waals surface area contributed by atoms with Crippen LogP contribution in [0.1, 0.15) is 55.8 Å². The van der Waals surface area contributed by atoms with Crippen molar-refractivity contribution in [1.82, 2.24) is 0 Å². The van der Waals surface area contributed by atoms with Crippen molar-refractivity contribution in [2.45, 2.75) is 50.6 Å². The highest BCUT2D eigenvalue weighted by atomic mass is 16.6. The Morgan fingerprint density at radius 3 is 2.52 bits per heavy atom. The van der Waals surface area contributed by atoms with E-state index in [2.05, 4.69) is 73.6 Å². The number of benzene rings is 2. The molecule has 1 saturated carbocycles. The third kappa shape index (κ3) is 4.80. The summed E-state index contributed by atoms with van der Waals surface area (Å²) >= 11 is 0. The summed E-state index contributed by atoms with van der Waals surface area (Å²) in [4.78, 5) is 10.9. The molecular formula is C23H27N3O3. The second-order valence-corrected chi connectivity index (χ2v) is 8.39. The van der Waals surface area contributed by atoms with Crippen LogP contribution >= 0.6 is 0 Å². The molecule has 6 heteroatoms. The first-order valence-corrected chi connectivity index (χ1v) is 9.77. The maximum Gasteiger partial charge on any atom is 0.503 e. The topological polar surface area (TPSA) is 96.6 Å². The summed E-state index contributed by atoms with van der Waals surface area (Å²) in [5, 5.41) is 26.8. The van der Waals surface area contributed by atoms with Crippen molar-refractivity contribution in [2.24, 2.45) is 0 Å². The van der Waals surface area contributed by atoms with Crippen LogP contribution in [0.5, 0.6) is 0 Å². The lowest BCUT2D eigenvalue weighted by Crippen LogP contribution is -2.37. The molecule has 1 atom stereocenters. The van der Waals surface area contributed by atoms with Crippen molar-refractivity contribution >= 4 is 17.5 Å². The van der Waals surface area contributed by atoms with E-state index < -0.39 is 6.16 Å². The van der Waals surface area contributed by atoms with Crippen molar-refractivity contribution in [2.75, 3.05) is 17.3 Å². The number of anilines is 2. The molecule has 0 aromatic heterocycles. The smallest absolute Gasteiger partial charge is 0.450 e. The number of hydrogen-bond acceptors (Lipinski definition) is 4. The number of fused-ring (bicyclic) bond motifs is 1. The third-order valence-electron chi connectivity index (χ3n) is 5.63. The van der Waals surface area contributed by atoms with Gasteiger partial charge >= 0.3 is 6.16 Å². The predicted octanol–water partition coefficient (Wildman–Crippen LogP) is 5.21. The largest absolute Gasteiger partial charge is 0.503 e. The number of nitrogens with zero attached hydrogens (tertiary/aromatic N) is 2. The number of nitrogens with one attached hydrogen (secondary N) is 1. The minimum Gasteiger partial charge on any atom is -0.450 e. The van der Waals surface area contributed by atoms with Gasteiger partial charge in [0.1, 0.15) is 0 Å². The zero-order chi connectivity index (χ0) is 21.2. The lowest BCUT2D eigenvalue weighted by atomic mass is 9.73. The molecular weight excluding hydrogens is 366 g/mol. The van der Waals surface area contributed by atoms with Gasteiger partial charge in [-0.05, 0) is 66.1 Å². The number of carbonyl (C=O) groups is 1. The molecule has 3 N–H and O–H groups in total. The normalized spacial score (nSPS) is 19.2. The van der Waals surface area contributed by atoms with Crippen molar-refractivity contribution in [3.05, 3.63) is 59.2 Å². The predicted molar refractivity (Wildman–Crippen MR) is 114 cm³/mol. The first kappa shape index (κ1) is 20.5. The minimum atomic E-state index is -1.83. The van der Waals surface area contributed by atoms with Gasteiger partial charge in [0.05, 0.1) is 17.7 Å². The molecule has 2 aromatic carbocycles. The Hall–Kier alpha value is -3.20. The van der Waals surface area contributed by atoms with Gasteiger partial charge in [0, 0.05) is 24.5 Å². The lowest BCUT2D eigenvalue weighted by Gasteiger charge is -2.44. The van der Waals surface area contributed by atoms with E-state index in [-0.39, 0.29) is 5.41 Å². The number of carboxylic acid groups (broad SMARTS) is 2. The Bertz CT molecular complexity index is 941. The molecule has 0 spiro atoms. The zero-order valence-corrected chi connectivity index (χ0v) is 17.0. The van der Waals surface area contributed by atoms with Crippen LogP contribution in [-0.2, 0) is 5.41 Å². The van der Waals surface area contributed by atoms with Gasteiger partial charge in [0.2, 0.25) is 0 Å². The van der Waals surface area contributed by atoms with E-state index in [9.17, 15) is 5.26 Å². The number of hydrogen-bond donors (Lipinski definition) is 3. The quantitative estimate of drug-likeness (QED) is 0.662. The van der Waals surface area contributed by atoms with Crippen molar-refractivity contribution in [1.29, 1.82) is 5.26 Å². The lowest BCUT2D eigenvalue weighted by molar-refractivity contribution is 0.137. The van der Waals surface area contributed by atoms with Gasteiger partial charge in [0.15, 0.2) is 0 Å². The van der Waals surface area contributed by atoms with E-state index in [0.29, 0.717) is 12.1 Å². The highest BCUT2D eigenvalue weighted by Gasteiger charge is 2.37. The van der Waals surface area contributed by atoms with Gasteiger partial charge in [-0.25, -0.2) is 4.79 Å². The zero-order valence-electron chi connectivity index (χ0n) is 17.0. The molecule has 1 unspecified atom stereocenters. The van der Waals surface area contributed by atoms with Crippen LogP contribution in [0.25, 0.3) is 0 Å². The van der Waals surface area contributed by atoms with Gasteiger partial charge in [0.25, 0.3) is 0 Å². The molecule has 2 aliphatic rings. The molecule has 29 heavy (non-hydrogen) atoms. The minimum absolute atomic E-state index is 0.0410. The third-order valence-corrected chi connectivity index (χ3v) is 5.63. The summed E-state index contributed by atoms with van der Waals surface area (Å²) in [6.07, 6.45) is 1.78. The Kier molecular flexibility index (Phi) is 5.69. The molecule has 1 aliphatic carbocycles. The van der Waals surface area contributed by atoms with Crippen molar-refractivity contribution in [3.8, 4) is 6.07 Å². The van der Waals surface area contributed by atoms with Crippen LogP contribution in [0.3, 0.4) is 0 Å². The molecule has 0 radical (unpaired) electrons. The first-order chi connectivity index (χ1) is 13.7. The molecule has 0 saturated heterocycles. The highest BCUT2D eigenvalue weighted by Crippen LogP contribution is 2.47. The molecule has 6 nitrogen and oxygen atoms in total. The summed E-state index contributed by atoms with van der Waals surface area (Å²) < 4.78 is 0. The molecule has 1 fully saturated rings. The Labute approximate surface area is 171 Å². The molecule has 152 valence electrons. The maximum atomic E-state index is 9.24. The molecule has 2 aromatic rings. The maximum absolute atomic E-state index is 9.24. The number of rotatable bonds is 3. The second kappa shape index (κ2) is 8.04. The summed E-state index contributed by atoms with van der Waals surface area (Å²) in [5.74, 6) is 0. The van der Waals surface area contributed by atoms with Crippen LogP contribution in [0.4, 0.5) is 16.2 Å². The molecule has 1 heterocycles. The molecule has 0 amide bonds. The summed E-state index contributed by atoms with van der Waals surface area (Å²) in [6.45, 7) is 4.58. The Balaban J connectivity index is 0.000000552. The van der Waals surface area contributed by atoms with Gasteiger partial charge in [-0.15, -0.1) is 0 Å². The average molecular weight is 393 g/mol. The van der Waals surface area contributed by atoms with E-state index in [0.717, 1.165) is 12.0 Å². The van der Waals surface area contributed by atoms with Crippen LogP contribution in [0, 0.1) is 11.3 Å². The van der Waals surface area contributed by atoms with E-state index in [1.807, 2.05) is 6.07 Å². The SMILES string of the molecule is CN1c2ccc(C#N)cc2C(C)(C)CC1c1cccc(NC2CC2)c1.O=C(O)O. The van der Waals surface area contributed by atoms with Gasteiger partial charge in [-0.3, -0.25) is 0 Å². The summed E-state index contributed by atoms with van der Waals surface area (Å²) in [6, 6.07) is 18.3. The van der Waals surface area contributed by atoms with E-state index >= 15 is 0 Å². The van der Waals surface area contributed by atoms with Crippen LogP contribution in [0.15, 0.2) is 42.5 Å². The van der Waals surface area contributed by atoms with Gasteiger partial charge in [-0.1, -0.05) is 26.0 Å². The fourth-order valence-corrected chi connectivity index (χ4v) is 3.99. The monoisotopic (exact) mass is 393 g/mol. The van der Waals surface area contributed by atoms with Gasteiger partial charge < -0.3 is 20.4 Å². The fraction of sp³-hybridized carbons (Fsp3) is 0.391. The summed E-state index contributed by atoms with van der Waals surface area (Å²) in [7, 11) is 2.17. The van der Waals surface area contributed by atoms with E-state index in [4.69, 9.17) is 15.0 Å². The average Bonchev–Trinajstić information content (AvgIpc) is 3.48. The standard InChI is InChI=1S/C22H25N3.CH2O3/c1-22(2)13-21(16-5-4-6-18(12-16)24-17-8-9-17)25(3)20-10-7-15(14-23)11-19(20)22;2-1(3)4/h4-7,10-12,17,21,24H,8-9,13H2,1-3H3;(H2,2,3,4). The van der Waals surface area contributed by atoms with Crippen molar-refractivity contribution < 1.29 is 15.0 Å². The first-order valence-electron chi connectivity index (χ1n) is 9.77. The molecule has 0 bridgehead atoms. The fourth-order valence-electron chi connectivity index (χ4n) is 3.99. The van der Waals surface area contributed by atoms with Crippen LogP contribution < -0.4 is 10.2 Å². The Morgan fingerprint density at radius 2 is 1.90 bits per heavy atom. The Morgan fingerprint density at radius 1 is 1.21 bits per heavy atom. The molecule has 4 rings (SSSR count). The highest BCUT2D eigenvalue weighted by molar-refractivity contribution is 5.63. The van der Waals surface area contributed by atoms with Crippen LogP contribution in [0.2, 0.25) is 0 Å². The molecule has 1 aliphatic heterocycles. The van der Waals surface area contributed by atoms with E-state index in [1.165, 1.54) is 35.3 Å². The van der Waals surface area contributed by atoms with Crippen LogP contribution in [-0.4, -0.2) is 29.5 Å². The van der Waals surface area contributed by atoms with Gasteiger partial charge in [-0.2, -0.15) is 5.26 Å². The summed E-state index contributed by atoms with van der Waals surface area (Å²) in [5.41, 5.74) is 5.89. The van der Waals surface area contributed by atoms with E-state index in [1.54, 1.807) is 0 Å². The number of nitriles is 1.